The highest BCUT2D eigenvalue weighted by Crippen LogP contribution is 2.45. The zero-order valence-corrected chi connectivity index (χ0v) is 28.5. The molecule has 7 N–H and O–H groups in total. The third-order valence-corrected chi connectivity index (χ3v) is 8.73. The van der Waals surface area contributed by atoms with Crippen molar-refractivity contribution in [3.8, 4) is 0 Å². The Hall–Kier alpha value is -3.26. The minimum absolute atomic E-state index is 0.0402. The van der Waals surface area contributed by atoms with Crippen LogP contribution >= 0.6 is 0 Å². The molecule has 0 heterocycles. The molecule has 0 aliphatic carbocycles. The molecular weight excluding hydrogens is 620 g/mol. The zero-order valence-electron chi connectivity index (χ0n) is 28.5. The molecule has 14 heteroatoms. The summed E-state index contributed by atoms with van der Waals surface area (Å²) in [5.41, 5.74) is -6.95. The molecule has 47 heavy (non-hydrogen) atoms. The van der Waals surface area contributed by atoms with Gasteiger partial charge in [0, 0.05) is 7.11 Å². The van der Waals surface area contributed by atoms with E-state index in [4.69, 9.17) is 25.2 Å². The predicted octanol–water partition coefficient (Wildman–Crippen LogP) is 5.67. The number of carboxylic acid groups (broad SMARTS) is 6. The van der Waals surface area contributed by atoms with Crippen LogP contribution in [0.2, 0.25) is 0 Å². The third-order valence-electron chi connectivity index (χ3n) is 8.73. The maximum absolute atomic E-state index is 12.1. The number of unbranched alkanes of at least 4 members (excludes halogenated alkanes) is 15. The first-order chi connectivity index (χ1) is 21.9. The van der Waals surface area contributed by atoms with Crippen LogP contribution in [0.1, 0.15) is 143 Å². The van der Waals surface area contributed by atoms with Crippen LogP contribution in [0.3, 0.4) is 0 Å². The molecule has 0 aromatic heterocycles. The number of ether oxygens (including phenoxy) is 1. The summed E-state index contributed by atoms with van der Waals surface area (Å²) in [5, 5.41) is 62.9. The van der Waals surface area contributed by atoms with Crippen LogP contribution < -0.4 is 0 Å². The Balaban J connectivity index is 0. The van der Waals surface area contributed by atoms with Gasteiger partial charge in [-0.05, 0) is 20.3 Å². The minimum atomic E-state index is -2.74. The van der Waals surface area contributed by atoms with E-state index in [1.165, 1.54) is 84.5 Å². The molecule has 0 radical (unpaired) electrons. The van der Waals surface area contributed by atoms with Crippen LogP contribution in [-0.2, 0) is 33.5 Å². The van der Waals surface area contributed by atoms with Gasteiger partial charge in [-0.15, -0.1) is 0 Å². The van der Waals surface area contributed by atoms with E-state index in [0.29, 0.717) is 6.42 Å². The summed E-state index contributed by atoms with van der Waals surface area (Å²) >= 11 is 0. The Bertz CT molecular complexity index is 964. The Labute approximate surface area is 277 Å². The molecule has 0 amide bonds. The van der Waals surface area contributed by atoms with Gasteiger partial charge in [0.1, 0.15) is 5.41 Å². The maximum atomic E-state index is 12.1. The number of aliphatic hydroxyl groups is 1. The first-order valence-corrected chi connectivity index (χ1v) is 16.5. The standard InChI is InChI=1S/C27H50O7.C6H8O7/c1-5-6-7-8-9-10-11-12-13-14-15-16-17-18-19-20-21-26(3,24(30)31)27(34-4,25(32)33)22(2)23(28)29;7-3(8)1-6(13,5(11)12)2-4(9)10/h22H,5-21H2,1-4H3,(H,28,29)(H,30,31)(H,32,33);13H,1-2H2,(H,7,8)(H,9,10)(H,11,12). The summed E-state index contributed by atoms with van der Waals surface area (Å²) < 4.78 is 5.17. The fourth-order valence-corrected chi connectivity index (χ4v) is 5.75. The second-order valence-electron chi connectivity index (χ2n) is 12.5. The van der Waals surface area contributed by atoms with Gasteiger partial charge in [-0.1, -0.05) is 110 Å². The van der Waals surface area contributed by atoms with Gasteiger partial charge in [0.05, 0.1) is 18.8 Å². The number of rotatable bonds is 28. The van der Waals surface area contributed by atoms with Crippen LogP contribution in [-0.4, -0.2) is 89.9 Å². The quantitative estimate of drug-likeness (QED) is 0.0492. The van der Waals surface area contributed by atoms with Gasteiger partial charge < -0.3 is 40.5 Å². The summed E-state index contributed by atoms with van der Waals surface area (Å²) in [4.78, 5) is 66.2. The summed E-state index contributed by atoms with van der Waals surface area (Å²) in [6.07, 6.45) is 16.8. The van der Waals surface area contributed by atoms with Gasteiger partial charge in [-0.25, -0.2) is 9.59 Å². The molecule has 274 valence electrons. The van der Waals surface area contributed by atoms with Crippen molar-refractivity contribution in [2.24, 2.45) is 11.3 Å². The normalized spacial score (nSPS) is 14.5. The second kappa shape index (κ2) is 24.0. The lowest BCUT2D eigenvalue weighted by Crippen LogP contribution is -2.63. The minimum Gasteiger partial charge on any atom is -0.481 e. The van der Waals surface area contributed by atoms with Gasteiger partial charge >= 0.3 is 35.8 Å². The Morgan fingerprint density at radius 2 is 0.915 bits per heavy atom. The Morgan fingerprint density at radius 1 is 0.574 bits per heavy atom. The molecule has 0 saturated carbocycles. The van der Waals surface area contributed by atoms with Crippen molar-refractivity contribution >= 4 is 35.8 Å². The maximum Gasteiger partial charge on any atom is 0.338 e. The van der Waals surface area contributed by atoms with Crippen molar-refractivity contribution in [3.63, 3.8) is 0 Å². The van der Waals surface area contributed by atoms with E-state index in [1.54, 1.807) is 0 Å². The van der Waals surface area contributed by atoms with E-state index in [2.05, 4.69) is 6.92 Å². The van der Waals surface area contributed by atoms with Gasteiger partial charge in [0.15, 0.2) is 11.2 Å². The first kappa shape index (κ1) is 45.9. The van der Waals surface area contributed by atoms with Crippen molar-refractivity contribution in [1.82, 2.24) is 0 Å². The molecular formula is C33H58O14. The van der Waals surface area contributed by atoms with Crippen LogP contribution in [0, 0.1) is 11.3 Å². The smallest absolute Gasteiger partial charge is 0.338 e. The second-order valence-corrected chi connectivity index (χ2v) is 12.5. The number of carbonyl (C=O) groups is 6. The topological polar surface area (TPSA) is 253 Å². The Kier molecular flexibility index (Phi) is 23.4. The monoisotopic (exact) mass is 678 g/mol. The Morgan fingerprint density at radius 3 is 1.15 bits per heavy atom. The van der Waals surface area contributed by atoms with Crippen molar-refractivity contribution in [2.45, 2.75) is 154 Å². The van der Waals surface area contributed by atoms with Gasteiger partial charge in [0.25, 0.3) is 0 Å². The lowest BCUT2D eigenvalue weighted by Gasteiger charge is -2.44. The molecule has 0 aliphatic heterocycles. The fourth-order valence-electron chi connectivity index (χ4n) is 5.75. The van der Waals surface area contributed by atoms with Gasteiger partial charge in [-0.2, -0.15) is 0 Å². The average molecular weight is 679 g/mol. The summed E-state index contributed by atoms with van der Waals surface area (Å²) in [6, 6.07) is 0. The lowest BCUT2D eigenvalue weighted by molar-refractivity contribution is -0.208. The zero-order chi connectivity index (χ0) is 36.7. The number of hydrogen-bond acceptors (Lipinski definition) is 8. The lowest BCUT2D eigenvalue weighted by atomic mass is 9.64. The van der Waals surface area contributed by atoms with Crippen LogP contribution in [0.15, 0.2) is 0 Å². The van der Waals surface area contributed by atoms with Crippen LogP contribution in [0.4, 0.5) is 0 Å². The van der Waals surface area contributed by atoms with Crippen LogP contribution in [0.25, 0.3) is 0 Å². The predicted molar refractivity (Wildman–Crippen MR) is 171 cm³/mol. The molecule has 0 saturated heterocycles. The number of methoxy groups -OCH3 is 1. The number of hydrogen-bond donors (Lipinski definition) is 7. The van der Waals surface area contributed by atoms with Gasteiger partial charge in [0.2, 0.25) is 0 Å². The summed E-state index contributed by atoms with van der Waals surface area (Å²) in [6.45, 7) is 4.72. The largest absolute Gasteiger partial charge is 0.481 e. The average Bonchev–Trinajstić information content (AvgIpc) is 2.96. The molecule has 0 fully saturated rings. The molecule has 0 aromatic rings. The molecule has 3 atom stereocenters. The summed E-state index contributed by atoms with van der Waals surface area (Å²) in [5.74, 6) is -10.9. The SMILES string of the molecule is CCCCCCCCCCCCCCCCCCC(C)(C(=O)O)C(OC)(C(=O)O)C(C)C(=O)O.O=C(O)CC(O)(CC(=O)O)C(=O)O. The van der Waals surface area contributed by atoms with E-state index in [1.807, 2.05) is 0 Å². The van der Waals surface area contributed by atoms with E-state index >= 15 is 0 Å². The third kappa shape index (κ3) is 16.4. The molecule has 3 unspecified atom stereocenters. The number of carboxylic acids is 6. The van der Waals surface area contributed by atoms with E-state index in [-0.39, 0.29) is 6.42 Å². The molecule has 0 spiro atoms. The first-order valence-electron chi connectivity index (χ1n) is 16.5. The van der Waals surface area contributed by atoms with E-state index in [0.717, 1.165) is 32.8 Å². The summed E-state index contributed by atoms with van der Waals surface area (Å²) in [7, 11) is 1.07. The number of aliphatic carboxylic acids is 6. The van der Waals surface area contributed by atoms with Crippen molar-refractivity contribution in [1.29, 1.82) is 0 Å². The van der Waals surface area contributed by atoms with E-state index < -0.39 is 71.2 Å². The van der Waals surface area contributed by atoms with Crippen molar-refractivity contribution in [2.75, 3.05) is 7.11 Å². The highest BCUT2D eigenvalue weighted by Gasteiger charge is 2.64. The highest BCUT2D eigenvalue weighted by molar-refractivity contribution is 5.93. The molecule has 0 bridgehead atoms. The molecule has 14 nitrogen and oxygen atoms in total. The van der Waals surface area contributed by atoms with Crippen LogP contribution in [0.5, 0.6) is 0 Å². The molecule has 0 aromatic carbocycles. The van der Waals surface area contributed by atoms with Crippen molar-refractivity contribution < 1.29 is 69.2 Å². The van der Waals surface area contributed by atoms with Crippen molar-refractivity contribution in [3.05, 3.63) is 0 Å². The fraction of sp³-hybridized carbons (Fsp3) is 0.818. The molecule has 0 aliphatic rings. The van der Waals surface area contributed by atoms with Gasteiger partial charge in [-0.3, -0.25) is 19.2 Å². The molecule has 0 rings (SSSR count). The highest BCUT2D eigenvalue weighted by atomic mass is 16.5. The van der Waals surface area contributed by atoms with E-state index in [9.17, 15) is 44.1 Å².